The van der Waals surface area contributed by atoms with Gasteiger partial charge < -0.3 is 9.80 Å². The summed E-state index contributed by atoms with van der Waals surface area (Å²) in [4.78, 5) is 28.9. The van der Waals surface area contributed by atoms with Gasteiger partial charge in [0.25, 0.3) is 0 Å². The van der Waals surface area contributed by atoms with Crippen molar-refractivity contribution in [2.24, 2.45) is 18.9 Å². The Morgan fingerprint density at radius 3 is 2.87 bits per heavy atom. The van der Waals surface area contributed by atoms with E-state index in [-0.39, 0.29) is 23.8 Å². The zero-order chi connectivity index (χ0) is 16.6. The van der Waals surface area contributed by atoms with Gasteiger partial charge in [0.2, 0.25) is 11.8 Å². The first-order valence-corrected chi connectivity index (χ1v) is 8.53. The van der Waals surface area contributed by atoms with Crippen LogP contribution in [0.2, 0.25) is 0 Å². The highest BCUT2D eigenvalue weighted by Crippen LogP contribution is 2.34. The van der Waals surface area contributed by atoms with Gasteiger partial charge in [-0.05, 0) is 24.8 Å². The summed E-state index contributed by atoms with van der Waals surface area (Å²) < 4.78 is 1.85. The lowest BCUT2D eigenvalue weighted by atomic mass is 10.1. The Labute approximate surface area is 137 Å². The number of nitrogens with zero attached hydrogens (tertiary/aromatic N) is 4. The molecule has 126 valence electrons. The van der Waals surface area contributed by atoms with E-state index < -0.39 is 0 Å². The SMILES string of the molecule is CC(C)CN1CC(C(=O)N2CCCC2c2ccnn2C)CC1=O. The topological polar surface area (TPSA) is 58.4 Å². The van der Waals surface area contributed by atoms with E-state index in [1.165, 1.54) is 0 Å². The maximum Gasteiger partial charge on any atom is 0.228 e. The third-order valence-corrected chi connectivity index (χ3v) is 4.89. The number of hydrogen-bond donors (Lipinski definition) is 0. The highest BCUT2D eigenvalue weighted by molar-refractivity contribution is 5.89. The highest BCUT2D eigenvalue weighted by Gasteiger charge is 2.40. The van der Waals surface area contributed by atoms with Gasteiger partial charge in [0.1, 0.15) is 0 Å². The zero-order valence-corrected chi connectivity index (χ0v) is 14.2. The van der Waals surface area contributed by atoms with Gasteiger partial charge in [0.15, 0.2) is 0 Å². The number of hydrogen-bond acceptors (Lipinski definition) is 3. The van der Waals surface area contributed by atoms with Gasteiger partial charge >= 0.3 is 0 Å². The molecule has 0 saturated carbocycles. The standard InChI is InChI=1S/C17H26N4O2/c1-12(2)10-20-11-13(9-16(20)22)17(23)21-8-4-5-15(21)14-6-7-18-19(14)3/h6-7,12-13,15H,4-5,8-11H2,1-3H3. The summed E-state index contributed by atoms with van der Waals surface area (Å²) in [6.45, 7) is 6.30. The molecule has 3 rings (SSSR count). The van der Waals surface area contributed by atoms with Crippen LogP contribution in [-0.2, 0) is 16.6 Å². The largest absolute Gasteiger partial charge is 0.342 e. The lowest BCUT2D eigenvalue weighted by Crippen LogP contribution is -2.38. The predicted octanol–water partition coefficient (Wildman–Crippen LogP) is 1.59. The van der Waals surface area contributed by atoms with E-state index in [0.29, 0.717) is 18.9 Å². The Morgan fingerprint density at radius 2 is 2.22 bits per heavy atom. The normalized spacial score (nSPS) is 25.0. The van der Waals surface area contributed by atoms with Gasteiger partial charge in [-0.15, -0.1) is 0 Å². The molecule has 0 N–H and O–H groups in total. The summed E-state index contributed by atoms with van der Waals surface area (Å²) in [5.41, 5.74) is 1.08. The molecule has 6 nitrogen and oxygen atoms in total. The van der Waals surface area contributed by atoms with Gasteiger partial charge in [-0.3, -0.25) is 14.3 Å². The number of carbonyl (C=O) groups is 2. The van der Waals surface area contributed by atoms with Crippen LogP contribution in [0.1, 0.15) is 44.8 Å². The molecule has 2 unspecified atom stereocenters. The number of carbonyl (C=O) groups excluding carboxylic acids is 2. The molecule has 0 radical (unpaired) electrons. The molecule has 0 spiro atoms. The minimum Gasteiger partial charge on any atom is -0.342 e. The fourth-order valence-corrected chi connectivity index (χ4v) is 3.84. The highest BCUT2D eigenvalue weighted by atomic mass is 16.2. The number of likely N-dealkylation sites (tertiary alicyclic amines) is 2. The van der Waals surface area contributed by atoms with Crippen LogP contribution in [-0.4, -0.2) is 51.0 Å². The van der Waals surface area contributed by atoms with Crippen molar-refractivity contribution in [3.8, 4) is 0 Å². The van der Waals surface area contributed by atoms with Gasteiger partial charge in [0.05, 0.1) is 17.7 Å². The van der Waals surface area contributed by atoms with Crippen LogP contribution >= 0.6 is 0 Å². The summed E-state index contributed by atoms with van der Waals surface area (Å²) in [6.07, 6.45) is 4.12. The number of aromatic nitrogens is 2. The van der Waals surface area contributed by atoms with Crippen LogP contribution < -0.4 is 0 Å². The van der Waals surface area contributed by atoms with Crippen LogP contribution in [0.3, 0.4) is 0 Å². The quantitative estimate of drug-likeness (QED) is 0.847. The van der Waals surface area contributed by atoms with E-state index in [1.54, 1.807) is 6.20 Å². The van der Waals surface area contributed by atoms with Crippen molar-refractivity contribution in [2.75, 3.05) is 19.6 Å². The fourth-order valence-electron chi connectivity index (χ4n) is 3.84. The molecular formula is C17H26N4O2. The van der Waals surface area contributed by atoms with Gasteiger partial charge in [-0.2, -0.15) is 5.10 Å². The molecule has 2 amide bonds. The number of amides is 2. The average Bonchev–Trinajstić information content (AvgIpc) is 3.18. The van der Waals surface area contributed by atoms with Crippen molar-refractivity contribution in [2.45, 2.75) is 39.2 Å². The lowest BCUT2D eigenvalue weighted by molar-refractivity contribution is -0.136. The molecule has 6 heteroatoms. The molecule has 2 atom stereocenters. The van der Waals surface area contributed by atoms with Gasteiger partial charge in [0, 0.05) is 39.3 Å². The van der Waals surface area contributed by atoms with E-state index in [4.69, 9.17) is 0 Å². The lowest BCUT2D eigenvalue weighted by Gasteiger charge is -2.27. The van der Waals surface area contributed by atoms with Crippen molar-refractivity contribution in [3.05, 3.63) is 18.0 Å². The smallest absolute Gasteiger partial charge is 0.228 e. The first kappa shape index (κ1) is 16.0. The molecule has 1 aromatic heterocycles. The summed E-state index contributed by atoms with van der Waals surface area (Å²) in [5, 5.41) is 4.23. The van der Waals surface area contributed by atoms with E-state index in [1.807, 2.05) is 27.6 Å². The van der Waals surface area contributed by atoms with Crippen LogP contribution in [0.25, 0.3) is 0 Å². The molecular weight excluding hydrogens is 292 g/mol. The molecule has 2 fully saturated rings. The van der Waals surface area contributed by atoms with Gasteiger partial charge in [-0.25, -0.2) is 0 Å². The third-order valence-electron chi connectivity index (χ3n) is 4.89. The predicted molar refractivity (Wildman–Crippen MR) is 86.4 cm³/mol. The van der Waals surface area contributed by atoms with Gasteiger partial charge in [-0.1, -0.05) is 13.8 Å². The molecule has 0 aromatic carbocycles. The Balaban J connectivity index is 1.70. The molecule has 2 aliphatic rings. The maximum atomic E-state index is 13.0. The van der Waals surface area contributed by atoms with Crippen LogP contribution in [0.4, 0.5) is 0 Å². The number of rotatable bonds is 4. The molecule has 0 bridgehead atoms. The first-order chi connectivity index (χ1) is 11.0. The monoisotopic (exact) mass is 318 g/mol. The van der Waals surface area contributed by atoms with E-state index in [2.05, 4.69) is 18.9 Å². The molecule has 2 aliphatic heterocycles. The zero-order valence-electron chi connectivity index (χ0n) is 14.2. The second-order valence-electron chi connectivity index (χ2n) is 7.16. The van der Waals surface area contributed by atoms with Crippen LogP contribution in [0.15, 0.2) is 12.3 Å². The molecule has 0 aliphatic carbocycles. The van der Waals surface area contributed by atoms with E-state index >= 15 is 0 Å². The Hall–Kier alpha value is -1.85. The van der Waals surface area contributed by atoms with Crippen molar-refractivity contribution in [1.29, 1.82) is 0 Å². The Bertz CT molecular complexity index is 595. The van der Waals surface area contributed by atoms with Crippen molar-refractivity contribution >= 4 is 11.8 Å². The first-order valence-electron chi connectivity index (χ1n) is 8.53. The molecule has 23 heavy (non-hydrogen) atoms. The molecule has 1 aromatic rings. The second kappa shape index (κ2) is 6.34. The summed E-state index contributed by atoms with van der Waals surface area (Å²) in [6, 6.07) is 2.09. The minimum absolute atomic E-state index is 0.101. The van der Waals surface area contributed by atoms with Crippen LogP contribution in [0.5, 0.6) is 0 Å². The minimum atomic E-state index is -0.185. The molecule has 2 saturated heterocycles. The number of aryl methyl sites for hydroxylation is 1. The third kappa shape index (κ3) is 3.12. The van der Waals surface area contributed by atoms with E-state index in [0.717, 1.165) is 31.6 Å². The summed E-state index contributed by atoms with van der Waals surface area (Å²) in [5.74, 6) is 0.499. The Kier molecular flexibility index (Phi) is 4.41. The van der Waals surface area contributed by atoms with Crippen molar-refractivity contribution < 1.29 is 9.59 Å². The summed E-state index contributed by atoms with van der Waals surface area (Å²) >= 11 is 0. The second-order valence-corrected chi connectivity index (χ2v) is 7.16. The van der Waals surface area contributed by atoms with E-state index in [9.17, 15) is 9.59 Å². The fraction of sp³-hybridized carbons (Fsp3) is 0.706. The summed E-state index contributed by atoms with van der Waals surface area (Å²) in [7, 11) is 1.92. The maximum absolute atomic E-state index is 13.0. The van der Waals surface area contributed by atoms with Crippen molar-refractivity contribution in [3.63, 3.8) is 0 Å². The molecule has 3 heterocycles. The van der Waals surface area contributed by atoms with Crippen LogP contribution in [0, 0.1) is 11.8 Å². The van der Waals surface area contributed by atoms with Crippen molar-refractivity contribution in [1.82, 2.24) is 19.6 Å². The average molecular weight is 318 g/mol. The Morgan fingerprint density at radius 1 is 1.43 bits per heavy atom.